The number of rotatable bonds is 2. The van der Waals surface area contributed by atoms with Crippen LogP contribution < -0.4 is 5.32 Å². The summed E-state index contributed by atoms with van der Waals surface area (Å²) in [6.07, 6.45) is 0.425. The van der Waals surface area contributed by atoms with Crippen molar-refractivity contribution >= 4 is 11.9 Å². The van der Waals surface area contributed by atoms with E-state index in [-0.39, 0.29) is 0 Å². The highest BCUT2D eigenvalue weighted by Crippen LogP contribution is 2.24. The maximum absolute atomic E-state index is 11.8. The molecule has 15 heavy (non-hydrogen) atoms. The Labute approximate surface area is 89.1 Å². The molecule has 1 heterocycles. The van der Waals surface area contributed by atoms with E-state index >= 15 is 0 Å². The Kier molecular flexibility index (Phi) is 3.04. The van der Waals surface area contributed by atoms with Crippen molar-refractivity contribution in [2.75, 3.05) is 13.7 Å². The monoisotopic (exact) mass is 215 g/mol. The average Bonchev–Trinajstić information content (AvgIpc) is 1.98. The third kappa shape index (κ3) is 2.28. The number of hydrogen-bond acceptors (Lipinski definition) is 5. The van der Waals surface area contributed by atoms with Crippen LogP contribution in [0.3, 0.4) is 0 Å². The van der Waals surface area contributed by atoms with Crippen LogP contribution in [0.5, 0.6) is 0 Å². The highest BCUT2D eigenvalue weighted by Gasteiger charge is 2.54. The van der Waals surface area contributed by atoms with E-state index in [9.17, 15) is 9.59 Å². The summed E-state index contributed by atoms with van der Waals surface area (Å²) in [6.45, 7) is 5.89. The highest BCUT2D eigenvalue weighted by molar-refractivity contribution is 6.06. The number of esters is 2. The summed E-state index contributed by atoms with van der Waals surface area (Å²) in [6, 6.07) is 0. The molecule has 0 bridgehead atoms. The molecule has 86 valence electrons. The molecule has 0 spiro atoms. The predicted molar refractivity (Wildman–Crippen MR) is 53.2 cm³/mol. The average molecular weight is 215 g/mol. The van der Waals surface area contributed by atoms with Crippen molar-refractivity contribution in [1.82, 2.24) is 5.32 Å². The summed E-state index contributed by atoms with van der Waals surface area (Å²) < 4.78 is 9.76. The molecular weight excluding hydrogens is 198 g/mol. The van der Waals surface area contributed by atoms with Gasteiger partial charge in [0.2, 0.25) is 5.54 Å². The lowest BCUT2D eigenvalue weighted by Crippen LogP contribution is -2.68. The molecule has 1 N–H and O–H groups in total. The predicted octanol–water partition coefficient (Wildman–Crippen LogP) is 0.233. The molecular formula is C10H17NO4. The molecule has 0 radical (unpaired) electrons. The van der Waals surface area contributed by atoms with E-state index in [4.69, 9.17) is 4.74 Å². The van der Waals surface area contributed by atoms with Crippen molar-refractivity contribution in [3.05, 3.63) is 0 Å². The molecule has 0 amide bonds. The van der Waals surface area contributed by atoms with E-state index < -0.39 is 23.1 Å². The summed E-state index contributed by atoms with van der Waals surface area (Å²) in [4.78, 5) is 23.2. The Hall–Kier alpha value is -1.10. The molecule has 0 aromatic rings. The van der Waals surface area contributed by atoms with Gasteiger partial charge < -0.3 is 9.47 Å². The fourth-order valence-electron chi connectivity index (χ4n) is 1.35. The Morgan fingerprint density at radius 2 is 1.80 bits per heavy atom. The molecule has 5 nitrogen and oxygen atoms in total. The first-order valence-electron chi connectivity index (χ1n) is 4.89. The fraction of sp³-hybridized carbons (Fsp3) is 0.800. The van der Waals surface area contributed by atoms with Gasteiger partial charge in [-0.1, -0.05) is 0 Å². The summed E-state index contributed by atoms with van der Waals surface area (Å²) in [7, 11) is 1.26. The first-order valence-corrected chi connectivity index (χ1v) is 4.89. The zero-order valence-electron chi connectivity index (χ0n) is 9.55. The normalized spacial score (nSPS) is 25.3. The van der Waals surface area contributed by atoms with Gasteiger partial charge >= 0.3 is 11.9 Å². The van der Waals surface area contributed by atoms with Gasteiger partial charge in [0.1, 0.15) is 5.60 Å². The number of methoxy groups -OCH3 is 1. The third-order valence-corrected chi connectivity index (χ3v) is 2.21. The molecule has 0 aliphatic carbocycles. The molecule has 0 saturated carbocycles. The summed E-state index contributed by atoms with van der Waals surface area (Å²) in [5.74, 6) is -1.14. The molecule has 1 rings (SSSR count). The van der Waals surface area contributed by atoms with Crippen molar-refractivity contribution in [2.45, 2.75) is 38.3 Å². The van der Waals surface area contributed by atoms with Crippen molar-refractivity contribution < 1.29 is 19.1 Å². The molecule has 5 heteroatoms. The minimum Gasteiger partial charge on any atom is -0.467 e. The van der Waals surface area contributed by atoms with Crippen molar-refractivity contribution in [2.24, 2.45) is 0 Å². The molecule has 0 aromatic heterocycles. The standard InChI is InChI=1S/C10H17NO4/c1-9(2,3)15-8(13)10(5-6-11-10)7(12)14-4/h11H,5-6H2,1-4H3/t10-/m0/s1. The first kappa shape index (κ1) is 12.0. The van der Waals surface area contributed by atoms with Gasteiger partial charge in [-0.3, -0.25) is 5.32 Å². The molecule has 1 aliphatic rings. The lowest BCUT2D eigenvalue weighted by atomic mass is 9.88. The van der Waals surface area contributed by atoms with Gasteiger partial charge in [0, 0.05) is 0 Å². The number of ether oxygens (including phenoxy) is 2. The van der Waals surface area contributed by atoms with Crippen LogP contribution >= 0.6 is 0 Å². The molecule has 1 saturated heterocycles. The molecule has 1 fully saturated rings. The minimum atomic E-state index is -1.28. The number of carbonyl (C=O) groups excluding carboxylic acids is 2. The number of carbonyl (C=O) groups is 2. The lowest BCUT2D eigenvalue weighted by molar-refractivity contribution is -0.177. The van der Waals surface area contributed by atoms with Crippen LogP contribution in [0.4, 0.5) is 0 Å². The Balaban J connectivity index is 2.75. The van der Waals surface area contributed by atoms with E-state index in [0.29, 0.717) is 13.0 Å². The van der Waals surface area contributed by atoms with Gasteiger partial charge in [-0.15, -0.1) is 0 Å². The third-order valence-electron chi connectivity index (χ3n) is 2.21. The van der Waals surface area contributed by atoms with E-state index in [0.717, 1.165) is 0 Å². The van der Waals surface area contributed by atoms with Crippen LogP contribution in [0.2, 0.25) is 0 Å². The van der Waals surface area contributed by atoms with E-state index in [1.54, 1.807) is 20.8 Å². The molecule has 1 aliphatic heterocycles. The second kappa shape index (κ2) is 3.81. The highest BCUT2D eigenvalue weighted by atomic mass is 16.6. The first-order chi connectivity index (χ1) is 6.82. The summed E-state index contributed by atoms with van der Waals surface area (Å²) in [5.41, 5.74) is -1.88. The smallest absolute Gasteiger partial charge is 0.338 e. The van der Waals surface area contributed by atoms with Gasteiger partial charge in [-0.2, -0.15) is 0 Å². The molecule has 1 atom stereocenters. The summed E-state index contributed by atoms with van der Waals surface area (Å²) in [5, 5.41) is 2.78. The van der Waals surface area contributed by atoms with Crippen LogP contribution in [-0.4, -0.2) is 36.7 Å². The second-order valence-corrected chi connectivity index (χ2v) is 4.58. The zero-order valence-corrected chi connectivity index (χ0v) is 9.55. The quantitative estimate of drug-likeness (QED) is 0.528. The van der Waals surface area contributed by atoms with Gasteiger partial charge in [0.25, 0.3) is 0 Å². The fourth-order valence-corrected chi connectivity index (χ4v) is 1.35. The topological polar surface area (TPSA) is 64.6 Å². The van der Waals surface area contributed by atoms with E-state index in [1.165, 1.54) is 7.11 Å². The Morgan fingerprint density at radius 1 is 1.27 bits per heavy atom. The number of hydrogen-bond donors (Lipinski definition) is 1. The van der Waals surface area contributed by atoms with Crippen LogP contribution in [0.15, 0.2) is 0 Å². The van der Waals surface area contributed by atoms with Crippen molar-refractivity contribution in [1.29, 1.82) is 0 Å². The van der Waals surface area contributed by atoms with Crippen LogP contribution in [-0.2, 0) is 19.1 Å². The minimum absolute atomic E-state index is 0.425. The summed E-state index contributed by atoms with van der Waals surface area (Å²) >= 11 is 0. The van der Waals surface area contributed by atoms with Crippen LogP contribution in [0.25, 0.3) is 0 Å². The van der Waals surface area contributed by atoms with E-state index in [2.05, 4.69) is 10.1 Å². The Bertz CT molecular complexity index is 276. The lowest BCUT2D eigenvalue weighted by Gasteiger charge is -2.39. The van der Waals surface area contributed by atoms with Crippen molar-refractivity contribution in [3.63, 3.8) is 0 Å². The SMILES string of the molecule is COC(=O)[C@]1(C(=O)OC(C)(C)C)CCN1. The van der Waals surface area contributed by atoms with Crippen LogP contribution in [0, 0.1) is 0 Å². The van der Waals surface area contributed by atoms with Gasteiger partial charge in [-0.05, 0) is 33.7 Å². The maximum atomic E-state index is 11.8. The van der Waals surface area contributed by atoms with Gasteiger partial charge in [0.15, 0.2) is 0 Å². The maximum Gasteiger partial charge on any atom is 0.338 e. The Morgan fingerprint density at radius 3 is 2.07 bits per heavy atom. The van der Waals surface area contributed by atoms with Gasteiger partial charge in [0.05, 0.1) is 7.11 Å². The van der Waals surface area contributed by atoms with Crippen LogP contribution in [0.1, 0.15) is 27.2 Å². The number of nitrogens with one attached hydrogen (secondary N) is 1. The van der Waals surface area contributed by atoms with Gasteiger partial charge in [-0.25, -0.2) is 9.59 Å². The van der Waals surface area contributed by atoms with Crippen molar-refractivity contribution in [3.8, 4) is 0 Å². The van der Waals surface area contributed by atoms with E-state index in [1.807, 2.05) is 0 Å². The zero-order chi connectivity index (χ0) is 11.7. The second-order valence-electron chi connectivity index (χ2n) is 4.58. The largest absolute Gasteiger partial charge is 0.467 e. The molecule has 0 unspecified atom stereocenters. The molecule has 0 aromatic carbocycles.